The van der Waals surface area contributed by atoms with E-state index in [1.807, 2.05) is 0 Å². The zero-order valence-electron chi connectivity index (χ0n) is 11.1. The van der Waals surface area contributed by atoms with Crippen LogP contribution in [0.15, 0.2) is 41.3 Å². The van der Waals surface area contributed by atoms with Gasteiger partial charge in [0, 0.05) is 16.7 Å². The maximum Gasteiger partial charge on any atom is 0.338 e. The predicted octanol–water partition coefficient (Wildman–Crippen LogP) is 3.96. The van der Waals surface area contributed by atoms with E-state index in [1.54, 1.807) is 12.1 Å². The Kier molecular flexibility index (Phi) is 4.80. The summed E-state index contributed by atoms with van der Waals surface area (Å²) >= 11 is 1.23. The molecule has 2 aromatic carbocycles. The Hall–Kier alpha value is -2.08. The summed E-state index contributed by atoms with van der Waals surface area (Å²) in [7, 11) is 1.45. The molecule has 0 heterocycles. The Morgan fingerprint density at radius 2 is 1.95 bits per heavy atom. The van der Waals surface area contributed by atoms with Crippen LogP contribution in [0.1, 0.15) is 15.9 Å². The van der Waals surface area contributed by atoms with Crippen molar-refractivity contribution in [2.45, 2.75) is 10.6 Å². The quantitative estimate of drug-likeness (QED) is 0.849. The van der Waals surface area contributed by atoms with Crippen molar-refractivity contribution in [2.24, 2.45) is 0 Å². The second-order valence-electron chi connectivity index (χ2n) is 4.19. The fraction of sp³-hybridized carbons (Fsp3) is 0.133. The maximum absolute atomic E-state index is 13.8. The van der Waals surface area contributed by atoms with E-state index in [2.05, 4.69) is 0 Å². The molecule has 21 heavy (non-hydrogen) atoms. The zero-order chi connectivity index (χ0) is 15.4. The average molecular weight is 310 g/mol. The summed E-state index contributed by atoms with van der Waals surface area (Å²) in [5, 5.41) is 8.85. The minimum atomic E-state index is -1.33. The fourth-order valence-corrected chi connectivity index (χ4v) is 2.61. The summed E-state index contributed by atoms with van der Waals surface area (Å²) in [6, 6.07) is 8.33. The van der Waals surface area contributed by atoms with E-state index in [1.165, 1.54) is 37.1 Å². The van der Waals surface area contributed by atoms with Crippen molar-refractivity contribution >= 4 is 17.7 Å². The van der Waals surface area contributed by atoms with Crippen LogP contribution < -0.4 is 4.74 Å². The van der Waals surface area contributed by atoms with Crippen LogP contribution in [-0.2, 0) is 5.75 Å². The summed E-state index contributed by atoms with van der Waals surface area (Å²) in [5.41, 5.74) is 0.0669. The largest absolute Gasteiger partial charge is 0.497 e. The molecule has 1 N–H and O–H groups in total. The van der Waals surface area contributed by atoms with Crippen molar-refractivity contribution in [3.05, 3.63) is 59.2 Å². The molecule has 0 amide bonds. The Morgan fingerprint density at radius 1 is 1.19 bits per heavy atom. The third-order valence-corrected chi connectivity index (χ3v) is 3.87. The lowest BCUT2D eigenvalue weighted by molar-refractivity contribution is 0.0691. The van der Waals surface area contributed by atoms with Gasteiger partial charge in [0.2, 0.25) is 0 Å². The van der Waals surface area contributed by atoms with E-state index in [9.17, 15) is 13.6 Å². The second kappa shape index (κ2) is 6.58. The first-order valence-electron chi connectivity index (χ1n) is 5.99. The summed E-state index contributed by atoms with van der Waals surface area (Å²) in [4.78, 5) is 11.4. The van der Waals surface area contributed by atoms with E-state index in [4.69, 9.17) is 9.84 Å². The molecule has 2 rings (SSSR count). The number of ether oxygens (including phenoxy) is 1. The smallest absolute Gasteiger partial charge is 0.338 e. The predicted molar refractivity (Wildman–Crippen MR) is 75.9 cm³/mol. The highest BCUT2D eigenvalue weighted by molar-refractivity contribution is 7.98. The molecule has 0 aliphatic heterocycles. The van der Waals surface area contributed by atoms with Gasteiger partial charge < -0.3 is 9.84 Å². The van der Waals surface area contributed by atoms with Crippen molar-refractivity contribution in [2.75, 3.05) is 7.11 Å². The first kappa shape index (κ1) is 15.3. The standard InChI is InChI=1S/C15H12F2O3S/c1-20-10-3-2-9(14(17)6-10)8-21-11-4-5-13(16)12(7-11)15(18)19/h2-7H,8H2,1H3,(H,18,19). The first-order valence-corrected chi connectivity index (χ1v) is 6.98. The van der Waals surface area contributed by atoms with Crippen LogP contribution in [0, 0.1) is 11.6 Å². The molecule has 0 saturated carbocycles. The highest BCUT2D eigenvalue weighted by Gasteiger charge is 2.11. The SMILES string of the molecule is COc1ccc(CSc2ccc(F)c(C(=O)O)c2)c(F)c1. The van der Waals surface area contributed by atoms with Gasteiger partial charge in [-0.1, -0.05) is 6.07 Å². The summed E-state index contributed by atoms with van der Waals surface area (Å²) in [5.74, 6) is -1.78. The summed E-state index contributed by atoms with van der Waals surface area (Å²) in [6.45, 7) is 0. The molecule has 2 aromatic rings. The van der Waals surface area contributed by atoms with Gasteiger partial charge in [-0.15, -0.1) is 11.8 Å². The third-order valence-electron chi connectivity index (χ3n) is 2.82. The minimum Gasteiger partial charge on any atom is -0.497 e. The van der Waals surface area contributed by atoms with Gasteiger partial charge in [0.1, 0.15) is 17.4 Å². The van der Waals surface area contributed by atoms with Crippen LogP contribution in [0.5, 0.6) is 5.75 Å². The van der Waals surface area contributed by atoms with Crippen molar-refractivity contribution in [3.8, 4) is 5.75 Å². The first-order chi connectivity index (χ1) is 10.0. The van der Waals surface area contributed by atoms with Gasteiger partial charge in [0.25, 0.3) is 0 Å². The number of aromatic carboxylic acids is 1. The normalized spacial score (nSPS) is 10.4. The van der Waals surface area contributed by atoms with Crippen LogP contribution in [0.2, 0.25) is 0 Å². The lowest BCUT2D eigenvalue weighted by Crippen LogP contribution is -2.00. The lowest BCUT2D eigenvalue weighted by atomic mass is 10.2. The van der Waals surface area contributed by atoms with Gasteiger partial charge in [0.05, 0.1) is 12.7 Å². The van der Waals surface area contributed by atoms with Gasteiger partial charge in [-0.25, -0.2) is 13.6 Å². The van der Waals surface area contributed by atoms with Gasteiger partial charge >= 0.3 is 5.97 Å². The molecule has 6 heteroatoms. The zero-order valence-corrected chi connectivity index (χ0v) is 11.9. The number of hydrogen-bond acceptors (Lipinski definition) is 3. The van der Waals surface area contributed by atoms with Crippen molar-refractivity contribution < 1.29 is 23.4 Å². The number of halogens is 2. The molecule has 0 unspecified atom stereocenters. The molecule has 0 fully saturated rings. The summed E-state index contributed by atoms with van der Waals surface area (Å²) < 4.78 is 31.9. The molecule has 3 nitrogen and oxygen atoms in total. The highest BCUT2D eigenvalue weighted by atomic mass is 32.2. The molecule has 110 valence electrons. The fourth-order valence-electron chi connectivity index (χ4n) is 1.69. The Balaban J connectivity index is 2.13. The molecule has 0 aliphatic rings. The number of rotatable bonds is 5. The monoisotopic (exact) mass is 310 g/mol. The van der Waals surface area contributed by atoms with Crippen LogP contribution >= 0.6 is 11.8 Å². The number of carbonyl (C=O) groups is 1. The third kappa shape index (κ3) is 3.72. The van der Waals surface area contributed by atoms with Crippen molar-refractivity contribution in [1.29, 1.82) is 0 Å². The molecule has 0 aromatic heterocycles. The van der Waals surface area contributed by atoms with E-state index in [-0.39, 0.29) is 0 Å². The number of carboxylic acid groups (broad SMARTS) is 1. The van der Waals surface area contributed by atoms with Crippen LogP contribution in [0.4, 0.5) is 8.78 Å². The highest BCUT2D eigenvalue weighted by Crippen LogP contribution is 2.27. The summed E-state index contributed by atoms with van der Waals surface area (Å²) in [6.07, 6.45) is 0. The number of methoxy groups -OCH3 is 1. The van der Waals surface area contributed by atoms with Crippen molar-refractivity contribution in [1.82, 2.24) is 0 Å². The van der Waals surface area contributed by atoms with Gasteiger partial charge in [0.15, 0.2) is 0 Å². The molecule has 0 aliphatic carbocycles. The number of benzene rings is 2. The molecular weight excluding hydrogens is 298 g/mol. The molecule has 0 radical (unpaired) electrons. The van der Waals surface area contributed by atoms with Gasteiger partial charge in [-0.2, -0.15) is 0 Å². The number of carboxylic acids is 1. The molecule has 0 saturated heterocycles. The van der Waals surface area contributed by atoms with Crippen LogP contribution in [0.3, 0.4) is 0 Å². The van der Waals surface area contributed by atoms with Gasteiger partial charge in [-0.05, 0) is 29.8 Å². The molecule has 0 atom stereocenters. The minimum absolute atomic E-state index is 0.306. The molecular formula is C15H12F2O3S. The number of thioether (sulfide) groups is 1. The van der Waals surface area contributed by atoms with E-state index < -0.39 is 23.2 Å². The van der Waals surface area contributed by atoms with E-state index >= 15 is 0 Å². The molecule has 0 spiro atoms. The topological polar surface area (TPSA) is 46.5 Å². The molecule has 0 bridgehead atoms. The van der Waals surface area contributed by atoms with Crippen molar-refractivity contribution in [3.63, 3.8) is 0 Å². The van der Waals surface area contributed by atoms with Gasteiger partial charge in [-0.3, -0.25) is 0 Å². The Bertz CT molecular complexity index is 674. The van der Waals surface area contributed by atoms with Crippen LogP contribution in [-0.4, -0.2) is 18.2 Å². The maximum atomic E-state index is 13.8. The van der Waals surface area contributed by atoms with Crippen LogP contribution in [0.25, 0.3) is 0 Å². The van der Waals surface area contributed by atoms with E-state index in [0.29, 0.717) is 22.0 Å². The number of hydrogen-bond donors (Lipinski definition) is 1. The van der Waals surface area contributed by atoms with E-state index in [0.717, 1.165) is 6.07 Å². The Morgan fingerprint density at radius 3 is 2.57 bits per heavy atom. The lowest BCUT2D eigenvalue weighted by Gasteiger charge is -2.06. The Labute approximate surface area is 124 Å². The average Bonchev–Trinajstić information content (AvgIpc) is 2.47. The second-order valence-corrected chi connectivity index (χ2v) is 5.24.